The number of nitrogens with one attached hydrogen (secondary N) is 1. The van der Waals surface area contributed by atoms with Crippen LogP contribution in [0.25, 0.3) is 0 Å². The van der Waals surface area contributed by atoms with E-state index < -0.39 is 0 Å². The van der Waals surface area contributed by atoms with Crippen molar-refractivity contribution in [3.05, 3.63) is 42.0 Å². The molecule has 2 aliphatic rings. The summed E-state index contributed by atoms with van der Waals surface area (Å²) in [5, 5.41) is 2.86. The predicted molar refractivity (Wildman–Crippen MR) is 113 cm³/mol. The molecule has 8 nitrogen and oxygen atoms in total. The van der Waals surface area contributed by atoms with Gasteiger partial charge in [-0.2, -0.15) is 0 Å². The summed E-state index contributed by atoms with van der Waals surface area (Å²) in [6.45, 7) is 5.02. The van der Waals surface area contributed by atoms with Gasteiger partial charge in [-0.15, -0.1) is 0 Å². The molecule has 0 unspecified atom stereocenters. The summed E-state index contributed by atoms with van der Waals surface area (Å²) in [5.41, 5.74) is 1.98. The van der Waals surface area contributed by atoms with E-state index in [0.717, 1.165) is 37.6 Å². The molecule has 1 amide bonds. The molecule has 158 valence electrons. The summed E-state index contributed by atoms with van der Waals surface area (Å²) < 4.78 is 16.0. The lowest BCUT2D eigenvalue weighted by Gasteiger charge is -2.35. The second-order valence-electron chi connectivity index (χ2n) is 7.32. The van der Waals surface area contributed by atoms with E-state index in [0.29, 0.717) is 22.7 Å². The van der Waals surface area contributed by atoms with Crippen LogP contribution in [0.1, 0.15) is 17.3 Å². The Kier molecular flexibility index (Phi) is 5.76. The zero-order valence-electron chi connectivity index (χ0n) is 17.1. The first kappa shape index (κ1) is 20.0. The minimum absolute atomic E-state index is 0.113. The van der Waals surface area contributed by atoms with Gasteiger partial charge in [-0.05, 0) is 25.1 Å². The number of piperazine rings is 1. The summed E-state index contributed by atoms with van der Waals surface area (Å²) in [5.74, 6) is 1.58. The van der Waals surface area contributed by atoms with Gasteiger partial charge in [-0.3, -0.25) is 14.5 Å². The Bertz CT molecular complexity index is 954. The number of nitrogens with zero attached hydrogens (tertiary/aromatic N) is 2. The van der Waals surface area contributed by atoms with E-state index in [-0.39, 0.29) is 25.0 Å². The molecule has 2 heterocycles. The van der Waals surface area contributed by atoms with E-state index in [9.17, 15) is 9.59 Å². The van der Waals surface area contributed by atoms with Crippen molar-refractivity contribution in [2.45, 2.75) is 6.92 Å². The number of carbonyl (C=O) groups excluding carboxylic acids is 2. The van der Waals surface area contributed by atoms with Crippen LogP contribution >= 0.6 is 0 Å². The quantitative estimate of drug-likeness (QED) is 0.731. The number of anilines is 2. The lowest BCUT2D eigenvalue weighted by atomic mass is 10.1. The highest BCUT2D eigenvalue weighted by Crippen LogP contribution is 2.37. The first-order chi connectivity index (χ1) is 14.5. The Balaban J connectivity index is 1.35. The van der Waals surface area contributed by atoms with Crippen molar-refractivity contribution in [1.29, 1.82) is 0 Å². The van der Waals surface area contributed by atoms with Gasteiger partial charge in [0.25, 0.3) is 0 Å². The van der Waals surface area contributed by atoms with Gasteiger partial charge in [0.15, 0.2) is 17.3 Å². The molecular formula is C22H25N3O5. The molecule has 2 aromatic rings. The van der Waals surface area contributed by atoms with Crippen molar-refractivity contribution in [3.63, 3.8) is 0 Å². The number of amides is 1. The number of methoxy groups -OCH3 is 1. The van der Waals surface area contributed by atoms with E-state index >= 15 is 0 Å². The molecular weight excluding hydrogens is 386 g/mol. The largest absolute Gasteiger partial charge is 0.497 e. The zero-order valence-corrected chi connectivity index (χ0v) is 17.1. The van der Waals surface area contributed by atoms with Gasteiger partial charge < -0.3 is 24.4 Å². The highest BCUT2D eigenvalue weighted by atomic mass is 16.7. The van der Waals surface area contributed by atoms with E-state index in [1.54, 1.807) is 19.2 Å². The molecule has 4 rings (SSSR count). The van der Waals surface area contributed by atoms with Crippen molar-refractivity contribution in [3.8, 4) is 17.2 Å². The number of fused-ring (bicyclic) bond motifs is 1. The average molecular weight is 411 g/mol. The summed E-state index contributed by atoms with van der Waals surface area (Å²) in [4.78, 5) is 29.0. The van der Waals surface area contributed by atoms with Crippen LogP contribution in [-0.4, -0.2) is 63.2 Å². The maximum absolute atomic E-state index is 12.6. The number of Topliss-reactive ketones (excluding diaryl/α,β-unsaturated/α-hetero) is 1. The van der Waals surface area contributed by atoms with Crippen LogP contribution in [0.15, 0.2) is 36.4 Å². The normalized spacial score (nSPS) is 15.7. The van der Waals surface area contributed by atoms with Crippen LogP contribution < -0.4 is 24.4 Å². The third kappa shape index (κ3) is 4.33. The second-order valence-corrected chi connectivity index (χ2v) is 7.32. The maximum atomic E-state index is 12.6. The Morgan fingerprint density at radius 2 is 1.80 bits per heavy atom. The third-order valence-electron chi connectivity index (χ3n) is 5.32. The molecule has 1 N–H and O–H groups in total. The van der Waals surface area contributed by atoms with Crippen molar-refractivity contribution >= 4 is 23.1 Å². The molecule has 1 fully saturated rings. The van der Waals surface area contributed by atoms with Gasteiger partial charge in [-0.25, -0.2) is 0 Å². The Morgan fingerprint density at radius 3 is 2.50 bits per heavy atom. The number of hydrogen-bond acceptors (Lipinski definition) is 7. The van der Waals surface area contributed by atoms with Crippen molar-refractivity contribution in [1.82, 2.24) is 4.90 Å². The summed E-state index contributed by atoms with van der Waals surface area (Å²) >= 11 is 0. The van der Waals surface area contributed by atoms with Gasteiger partial charge in [0, 0.05) is 49.6 Å². The lowest BCUT2D eigenvalue weighted by molar-refractivity contribution is -0.117. The molecule has 0 atom stereocenters. The predicted octanol–water partition coefficient (Wildman–Crippen LogP) is 2.39. The van der Waals surface area contributed by atoms with Gasteiger partial charge >= 0.3 is 0 Å². The molecule has 30 heavy (non-hydrogen) atoms. The van der Waals surface area contributed by atoms with Crippen LogP contribution in [-0.2, 0) is 4.79 Å². The molecule has 0 bridgehead atoms. The Labute approximate surface area is 175 Å². The van der Waals surface area contributed by atoms with Gasteiger partial charge in [0.1, 0.15) is 5.75 Å². The molecule has 8 heteroatoms. The molecule has 0 aliphatic carbocycles. The second kappa shape index (κ2) is 8.62. The fraction of sp³-hybridized carbons (Fsp3) is 0.364. The van der Waals surface area contributed by atoms with Crippen LogP contribution in [0, 0.1) is 0 Å². The van der Waals surface area contributed by atoms with Crippen LogP contribution in [0.3, 0.4) is 0 Å². The minimum atomic E-state index is -0.161. The van der Waals surface area contributed by atoms with Crippen molar-refractivity contribution in [2.24, 2.45) is 0 Å². The van der Waals surface area contributed by atoms with Crippen molar-refractivity contribution < 1.29 is 23.8 Å². The van der Waals surface area contributed by atoms with Crippen LogP contribution in [0.5, 0.6) is 17.2 Å². The van der Waals surface area contributed by atoms with Gasteiger partial charge in [0.2, 0.25) is 12.7 Å². The van der Waals surface area contributed by atoms with Gasteiger partial charge in [0.05, 0.1) is 19.3 Å². The fourth-order valence-corrected chi connectivity index (χ4v) is 3.70. The SMILES string of the molecule is COc1cccc(N2CCN(CC(=O)Nc3cc4c(cc3C(C)=O)OCO4)CC2)c1. The number of hydrogen-bond donors (Lipinski definition) is 1. The van der Waals surface area contributed by atoms with E-state index in [4.69, 9.17) is 14.2 Å². The average Bonchev–Trinajstić information content (AvgIpc) is 3.21. The topological polar surface area (TPSA) is 80.3 Å². The highest BCUT2D eigenvalue weighted by molar-refractivity contribution is 6.05. The first-order valence-corrected chi connectivity index (χ1v) is 9.89. The molecule has 2 aliphatic heterocycles. The van der Waals surface area contributed by atoms with Crippen LogP contribution in [0.4, 0.5) is 11.4 Å². The molecule has 1 saturated heterocycles. The zero-order chi connectivity index (χ0) is 21.1. The number of ketones is 1. The number of ether oxygens (including phenoxy) is 3. The van der Waals surface area contributed by atoms with E-state index in [1.165, 1.54) is 6.92 Å². The lowest BCUT2D eigenvalue weighted by Crippen LogP contribution is -2.48. The fourth-order valence-electron chi connectivity index (χ4n) is 3.70. The molecule has 0 radical (unpaired) electrons. The van der Waals surface area contributed by atoms with Crippen LogP contribution in [0.2, 0.25) is 0 Å². The smallest absolute Gasteiger partial charge is 0.238 e. The molecule has 0 aromatic heterocycles. The maximum Gasteiger partial charge on any atom is 0.238 e. The molecule has 0 spiro atoms. The van der Waals surface area contributed by atoms with Crippen molar-refractivity contribution in [2.75, 3.05) is 56.8 Å². The number of rotatable bonds is 6. The highest BCUT2D eigenvalue weighted by Gasteiger charge is 2.23. The van der Waals surface area contributed by atoms with Gasteiger partial charge in [-0.1, -0.05) is 6.07 Å². The molecule has 2 aromatic carbocycles. The summed E-state index contributed by atoms with van der Waals surface area (Å²) in [6.07, 6.45) is 0. The van der Waals surface area contributed by atoms with E-state index in [2.05, 4.69) is 21.2 Å². The number of benzene rings is 2. The summed E-state index contributed by atoms with van der Waals surface area (Å²) in [7, 11) is 1.66. The summed E-state index contributed by atoms with van der Waals surface area (Å²) in [6, 6.07) is 11.3. The monoisotopic (exact) mass is 411 g/mol. The Morgan fingerprint density at radius 1 is 1.07 bits per heavy atom. The number of carbonyl (C=O) groups is 2. The standard InChI is InChI=1S/C22H25N3O5/c1-15(26)18-11-20-21(30-14-29-20)12-19(18)23-22(27)13-24-6-8-25(9-7-24)16-4-3-5-17(10-16)28-2/h3-5,10-12H,6-9,13-14H2,1-2H3,(H,23,27). The Hall–Kier alpha value is -3.26. The molecule has 0 saturated carbocycles. The minimum Gasteiger partial charge on any atom is -0.497 e. The first-order valence-electron chi connectivity index (χ1n) is 9.89. The van der Waals surface area contributed by atoms with E-state index in [1.807, 2.05) is 18.2 Å². The third-order valence-corrected chi connectivity index (χ3v) is 5.32.